The van der Waals surface area contributed by atoms with Crippen LogP contribution in [0.4, 0.5) is 14.9 Å². The average molecular weight is 415 g/mol. The van der Waals surface area contributed by atoms with E-state index in [1.54, 1.807) is 0 Å². The summed E-state index contributed by atoms with van der Waals surface area (Å²) < 4.78 is 24.5. The number of hydroxylamine groups is 1. The van der Waals surface area contributed by atoms with E-state index in [0.29, 0.717) is 11.3 Å². The van der Waals surface area contributed by atoms with E-state index in [9.17, 15) is 19.1 Å². The smallest absolute Gasteiger partial charge is 0.412 e. The molecule has 0 radical (unpaired) electrons. The number of nitrogens with one attached hydrogen (secondary N) is 2. The molecular weight excluding hydrogens is 397 g/mol. The maximum Gasteiger partial charge on any atom is 0.412 e. The maximum absolute atomic E-state index is 13.8. The molecule has 0 unspecified atom stereocenters. The second-order valence-corrected chi connectivity index (χ2v) is 5.89. The van der Waals surface area contributed by atoms with Crippen LogP contribution >= 0.6 is 0 Å². The van der Waals surface area contributed by atoms with Crippen molar-refractivity contribution in [3.63, 3.8) is 0 Å². The average Bonchev–Trinajstić information content (AvgIpc) is 2.75. The number of aromatic hydroxyl groups is 1. The van der Waals surface area contributed by atoms with Crippen molar-refractivity contribution in [3.05, 3.63) is 71.6 Å². The Bertz CT molecular complexity index is 971. The Hall–Kier alpha value is -3.94. The van der Waals surface area contributed by atoms with Gasteiger partial charge in [0.2, 0.25) is 0 Å². The molecule has 0 aliphatic heterocycles. The van der Waals surface area contributed by atoms with E-state index in [0.717, 1.165) is 18.2 Å². The lowest BCUT2D eigenvalue weighted by molar-refractivity contribution is -0.124. The summed E-state index contributed by atoms with van der Waals surface area (Å²) in [6.07, 6.45) is -1.03. The molecule has 2 amide bonds. The van der Waals surface area contributed by atoms with E-state index in [4.69, 9.17) is 19.9 Å². The number of phenols is 1. The van der Waals surface area contributed by atoms with Gasteiger partial charge in [0, 0.05) is 18.9 Å². The van der Waals surface area contributed by atoms with Crippen molar-refractivity contribution in [2.24, 2.45) is 0 Å². The molecule has 2 atom stereocenters. The Morgan fingerprint density at radius 2 is 1.93 bits per heavy atom. The molecule has 156 valence electrons. The molecule has 10 heteroatoms. The van der Waals surface area contributed by atoms with Gasteiger partial charge < -0.3 is 14.6 Å². The summed E-state index contributed by atoms with van der Waals surface area (Å²) in [5.74, 6) is -2.39. The maximum atomic E-state index is 13.8. The highest BCUT2D eigenvalue weighted by Gasteiger charge is 2.27. The lowest BCUT2D eigenvalue weighted by Gasteiger charge is -2.24. The fraction of sp³-hybridized carbons (Fsp3) is 0.150. The number of nitrogens with zero attached hydrogens (tertiary/aromatic N) is 1. The number of rotatable bonds is 7. The minimum absolute atomic E-state index is 0.140. The zero-order valence-corrected chi connectivity index (χ0v) is 15.7. The zero-order chi connectivity index (χ0) is 22.1. The second-order valence-electron chi connectivity index (χ2n) is 5.89. The number of amides is 2. The quantitative estimate of drug-likeness (QED) is 0.310. The van der Waals surface area contributed by atoms with Gasteiger partial charge in [-0.1, -0.05) is 6.07 Å². The van der Waals surface area contributed by atoms with Gasteiger partial charge in [0.15, 0.2) is 17.7 Å². The van der Waals surface area contributed by atoms with Crippen LogP contribution in [-0.2, 0) is 14.3 Å². The van der Waals surface area contributed by atoms with Gasteiger partial charge >= 0.3 is 6.09 Å². The van der Waals surface area contributed by atoms with Crippen molar-refractivity contribution in [2.45, 2.75) is 12.2 Å². The first kappa shape index (κ1) is 22.4. The number of ether oxygens (including phenoxy) is 2. The molecule has 0 aliphatic rings. The van der Waals surface area contributed by atoms with Crippen molar-refractivity contribution in [1.82, 2.24) is 5.48 Å². The van der Waals surface area contributed by atoms with Crippen LogP contribution in [0.1, 0.15) is 17.2 Å². The molecule has 9 nitrogen and oxygen atoms in total. The highest BCUT2D eigenvalue weighted by atomic mass is 19.1. The Morgan fingerprint density at radius 3 is 2.50 bits per heavy atom. The Kier molecular flexibility index (Phi) is 7.87. The van der Waals surface area contributed by atoms with E-state index in [1.807, 2.05) is 6.07 Å². The van der Waals surface area contributed by atoms with Gasteiger partial charge in [0.1, 0.15) is 6.10 Å². The molecular formula is C20H18FN3O6. The van der Waals surface area contributed by atoms with Gasteiger partial charge in [-0.05, 0) is 48.0 Å². The number of anilines is 1. The van der Waals surface area contributed by atoms with Gasteiger partial charge in [0.25, 0.3) is 5.91 Å². The number of methoxy groups -OCH3 is 1. The third kappa shape index (κ3) is 6.03. The SMILES string of the molecule is CO[C@H](/C=C/C(=O)NO)[C@H](OC(=O)Nc1ccc(C#N)cc1)c1ccc(O)c(F)c1. The van der Waals surface area contributed by atoms with Gasteiger partial charge in [-0.2, -0.15) is 5.26 Å². The molecule has 0 spiro atoms. The first-order chi connectivity index (χ1) is 14.4. The number of hydrogen-bond acceptors (Lipinski definition) is 7. The summed E-state index contributed by atoms with van der Waals surface area (Å²) in [7, 11) is 1.28. The summed E-state index contributed by atoms with van der Waals surface area (Å²) in [5.41, 5.74) is 2.29. The van der Waals surface area contributed by atoms with E-state index in [1.165, 1.54) is 49.0 Å². The molecule has 2 aromatic rings. The van der Waals surface area contributed by atoms with Crippen LogP contribution < -0.4 is 10.8 Å². The largest absolute Gasteiger partial charge is 0.505 e. The van der Waals surface area contributed by atoms with Crippen LogP contribution in [0.2, 0.25) is 0 Å². The van der Waals surface area contributed by atoms with Crippen LogP contribution in [0.5, 0.6) is 5.75 Å². The Labute approximate surface area is 170 Å². The first-order valence-corrected chi connectivity index (χ1v) is 8.49. The number of carbonyl (C=O) groups excluding carboxylic acids is 2. The molecule has 0 aliphatic carbocycles. The normalized spacial score (nSPS) is 12.6. The predicted octanol–water partition coefficient (Wildman–Crippen LogP) is 2.77. The monoisotopic (exact) mass is 415 g/mol. The van der Waals surface area contributed by atoms with Crippen LogP contribution in [-0.4, -0.2) is 35.5 Å². The van der Waals surface area contributed by atoms with Crippen LogP contribution in [0, 0.1) is 17.1 Å². The molecule has 0 aromatic heterocycles. The molecule has 4 N–H and O–H groups in total. The summed E-state index contributed by atoms with van der Waals surface area (Å²) in [4.78, 5) is 23.6. The number of halogens is 1. The lowest BCUT2D eigenvalue weighted by atomic mass is 10.0. The molecule has 0 saturated carbocycles. The summed E-state index contributed by atoms with van der Waals surface area (Å²) in [5, 5.41) is 29.3. The van der Waals surface area contributed by atoms with Crippen LogP contribution in [0.3, 0.4) is 0 Å². The van der Waals surface area contributed by atoms with Crippen LogP contribution in [0.15, 0.2) is 54.6 Å². The number of carbonyl (C=O) groups is 2. The third-order valence-corrected chi connectivity index (χ3v) is 3.91. The predicted molar refractivity (Wildman–Crippen MR) is 102 cm³/mol. The molecule has 0 saturated heterocycles. The van der Waals surface area contributed by atoms with E-state index in [-0.39, 0.29) is 5.56 Å². The zero-order valence-electron chi connectivity index (χ0n) is 15.7. The van der Waals surface area contributed by atoms with Crippen LogP contribution in [0.25, 0.3) is 0 Å². The third-order valence-electron chi connectivity index (χ3n) is 3.91. The second kappa shape index (κ2) is 10.6. The molecule has 0 heterocycles. The van der Waals surface area contributed by atoms with Gasteiger partial charge in [-0.15, -0.1) is 0 Å². The summed E-state index contributed by atoms with van der Waals surface area (Å²) >= 11 is 0. The minimum Gasteiger partial charge on any atom is -0.505 e. The molecule has 30 heavy (non-hydrogen) atoms. The summed E-state index contributed by atoms with van der Waals surface area (Å²) in [6, 6.07) is 11.3. The molecule has 0 bridgehead atoms. The fourth-order valence-corrected chi connectivity index (χ4v) is 2.44. The van der Waals surface area contributed by atoms with Crippen molar-refractivity contribution < 1.29 is 33.8 Å². The van der Waals surface area contributed by atoms with E-state index >= 15 is 0 Å². The lowest BCUT2D eigenvalue weighted by Crippen LogP contribution is -2.27. The first-order valence-electron chi connectivity index (χ1n) is 8.49. The Morgan fingerprint density at radius 1 is 1.23 bits per heavy atom. The Balaban J connectivity index is 2.27. The molecule has 0 fully saturated rings. The summed E-state index contributed by atoms with van der Waals surface area (Å²) in [6.45, 7) is 0. The van der Waals surface area contributed by atoms with Crippen molar-refractivity contribution in [3.8, 4) is 11.8 Å². The van der Waals surface area contributed by atoms with Crippen molar-refractivity contribution in [1.29, 1.82) is 5.26 Å². The van der Waals surface area contributed by atoms with Gasteiger partial charge in [-0.3, -0.25) is 15.3 Å². The van der Waals surface area contributed by atoms with Crippen molar-refractivity contribution in [2.75, 3.05) is 12.4 Å². The van der Waals surface area contributed by atoms with Crippen molar-refractivity contribution >= 4 is 17.7 Å². The van der Waals surface area contributed by atoms with E-state index < -0.39 is 35.8 Å². The number of phenolic OH excluding ortho intramolecular Hbond substituents is 1. The van der Waals surface area contributed by atoms with Gasteiger partial charge in [0.05, 0.1) is 11.6 Å². The highest BCUT2D eigenvalue weighted by molar-refractivity contribution is 5.86. The number of benzene rings is 2. The fourth-order valence-electron chi connectivity index (χ4n) is 2.44. The molecule has 2 rings (SSSR count). The topological polar surface area (TPSA) is 141 Å². The number of nitriles is 1. The molecule has 2 aromatic carbocycles. The minimum atomic E-state index is -1.22. The standard InChI is InChI=1S/C20H18FN3O6/c1-29-17(8-9-18(26)24-28)19(13-4-7-16(25)15(21)10-13)30-20(27)23-14-5-2-12(11-22)3-6-14/h2-10,17,19,25,28H,1H3,(H,23,27)(H,24,26)/b9-8+/t17-,19-/m1/s1. The number of hydrogen-bond donors (Lipinski definition) is 4. The highest BCUT2D eigenvalue weighted by Crippen LogP contribution is 2.28. The van der Waals surface area contributed by atoms with E-state index in [2.05, 4.69) is 5.32 Å². The van der Waals surface area contributed by atoms with Gasteiger partial charge in [-0.25, -0.2) is 14.7 Å².